The van der Waals surface area contributed by atoms with Crippen molar-refractivity contribution >= 4 is 15.9 Å². The summed E-state index contributed by atoms with van der Waals surface area (Å²) in [6, 6.07) is 16.3. The summed E-state index contributed by atoms with van der Waals surface area (Å²) in [6.45, 7) is 5.70. The predicted molar refractivity (Wildman–Crippen MR) is 149 cm³/mol. The van der Waals surface area contributed by atoms with E-state index in [4.69, 9.17) is 5.73 Å². The summed E-state index contributed by atoms with van der Waals surface area (Å²) < 4.78 is 27.8. The second-order valence-electron chi connectivity index (χ2n) is 10.5. The molecule has 1 amide bonds. The molecule has 9 heteroatoms. The molecule has 1 aliphatic carbocycles. The molecule has 3 N–H and O–H groups in total. The van der Waals surface area contributed by atoms with E-state index in [2.05, 4.69) is 23.2 Å². The van der Waals surface area contributed by atoms with Gasteiger partial charge >= 0.3 is 0 Å². The Morgan fingerprint density at radius 1 is 1.00 bits per heavy atom. The van der Waals surface area contributed by atoms with E-state index < -0.39 is 21.6 Å². The SMILES string of the molecule is CCCN1CCN(S(=O)(=O)c2ccc(-c3ccc(CC(C#N)NC(=O)C4(N)CCCCC4)cc3)cc2)CC1. The van der Waals surface area contributed by atoms with Crippen molar-refractivity contribution in [1.29, 1.82) is 5.26 Å². The normalized spacial score (nSPS) is 19.4. The molecule has 1 atom stereocenters. The maximum atomic E-state index is 13.1. The second kappa shape index (κ2) is 12.4. The number of benzene rings is 2. The van der Waals surface area contributed by atoms with Gasteiger partial charge < -0.3 is 16.0 Å². The molecule has 1 saturated heterocycles. The summed E-state index contributed by atoms with van der Waals surface area (Å²) in [4.78, 5) is 15.3. The molecular weight excluding hydrogens is 498 g/mol. The van der Waals surface area contributed by atoms with Gasteiger partial charge in [0.25, 0.3) is 0 Å². The molecule has 204 valence electrons. The van der Waals surface area contributed by atoms with Crippen molar-refractivity contribution < 1.29 is 13.2 Å². The summed E-state index contributed by atoms with van der Waals surface area (Å²) >= 11 is 0. The lowest BCUT2D eigenvalue weighted by Crippen LogP contribution is -2.57. The minimum absolute atomic E-state index is 0.238. The Labute approximate surface area is 226 Å². The van der Waals surface area contributed by atoms with Gasteiger partial charge in [-0.25, -0.2) is 8.42 Å². The summed E-state index contributed by atoms with van der Waals surface area (Å²) in [5.41, 5.74) is 8.23. The smallest absolute Gasteiger partial charge is 0.243 e. The number of nitrogens with one attached hydrogen (secondary N) is 1. The number of carbonyl (C=O) groups excluding carboxylic acids is 1. The largest absolute Gasteiger partial charge is 0.338 e. The first-order valence-corrected chi connectivity index (χ1v) is 15.1. The lowest BCUT2D eigenvalue weighted by atomic mass is 9.81. The minimum atomic E-state index is -3.51. The Morgan fingerprint density at radius 2 is 1.58 bits per heavy atom. The zero-order valence-corrected chi connectivity index (χ0v) is 23.0. The Bertz CT molecular complexity index is 1220. The van der Waals surface area contributed by atoms with Crippen molar-refractivity contribution in [1.82, 2.24) is 14.5 Å². The monoisotopic (exact) mass is 537 g/mol. The van der Waals surface area contributed by atoms with Gasteiger partial charge in [-0.15, -0.1) is 0 Å². The third-order valence-corrected chi connectivity index (χ3v) is 9.66. The molecule has 0 aromatic heterocycles. The number of nitrogens with two attached hydrogens (primary N) is 1. The highest BCUT2D eigenvalue weighted by atomic mass is 32.2. The van der Waals surface area contributed by atoms with Gasteiger partial charge in [-0.3, -0.25) is 4.79 Å². The zero-order chi connectivity index (χ0) is 27.2. The predicted octanol–water partition coefficient (Wildman–Crippen LogP) is 3.28. The molecule has 0 bridgehead atoms. The number of hydrogen-bond acceptors (Lipinski definition) is 6. The van der Waals surface area contributed by atoms with Gasteiger partial charge in [0, 0.05) is 32.6 Å². The van der Waals surface area contributed by atoms with Crippen LogP contribution >= 0.6 is 0 Å². The average Bonchev–Trinajstić information content (AvgIpc) is 2.94. The molecule has 38 heavy (non-hydrogen) atoms. The highest BCUT2D eigenvalue weighted by Crippen LogP contribution is 2.27. The Hall–Kier alpha value is -2.77. The third kappa shape index (κ3) is 6.62. The van der Waals surface area contributed by atoms with Crippen molar-refractivity contribution in [3.63, 3.8) is 0 Å². The quantitative estimate of drug-likeness (QED) is 0.507. The van der Waals surface area contributed by atoms with Crippen molar-refractivity contribution in [3.8, 4) is 17.2 Å². The van der Waals surface area contributed by atoms with Crippen LogP contribution in [-0.2, 0) is 21.2 Å². The lowest BCUT2D eigenvalue weighted by Gasteiger charge is -2.33. The van der Waals surface area contributed by atoms with E-state index in [9.17, 15) is 18.5 Å². The molecule has 1 heterocycles. The number of piperazine rings is 1. The van der Waals surface area contributed by atoms with Gasteiger partial charge in [-0.1, -0.05) is 62.6 Å². The highest BCUT2D eigenvalue weighted by molar-refractivity contribution is 7.89. The fourth-order valence-electron chi connectivity index (χ4n) is 5.39. The van der Waals surface area contributed by atoms with E-state index in [1.54, 1.807) is 16.4 Å². The van der Waals surface area contributed by atoms with Crippen molar-refractivity contribution in [2.75, 3.05) is 32.7 Å². The number of carbonyl (C=O) groups is 1. The molecule has 1 unspecified atom stereocenters. The molecule has 2 aliphatic rings. The summed E-state index contributed by atoms with van der Waals surface area (Å²) in [6.07, 6.45) is 5.73. The molecule has 2 aromatic rings. The van der Waals surface area contributed by atoms with E-state index >= 15 is 0 Å². The number of sulfonamides is 1. The van der Waals surface area contributed by atoms with Crippen molar-refractivity contribution in [2.24, 2.45) is 5.73 Å². The van der Waals surface area contributed by atoms with Crippen LogP contribution in [0.1, 0.15) is 51.0 Å². The maximum absolute atomic E-state index is 13.1. The van der Waals surface area contributed by atoms with Crippen LogP contribution in [0.5, 0.6) is 0 Å². The first kappa shape index (κ1) is 28.2. The molecule has 0 radical (unpaired) electrons. The van der Waals surface area contributed by atoms with E-state index in [1.807, 2.05) is 36.4 Å². The lowest BCUT2D eigenvalue weighted by molar-refractivity contribution is -0.127. The van der Waals surface area contributed by atoms with Crippen LogP contribution < -0.4 is 11.1 Å². The van der Waals surface area contributed by atoms with Crippen LogP contribution in [0.25, 0.3) is 11.1 Å². The van der Waals surface area contributed by atoms with Crippen LogP contribution in [0.2, 0.25) is 0 Å². The molecule has 2 aromatic carbocycles. The number of nitriles is 1. The maximum Gasteiger partial charge on any atom is 0.243 e. The van der Waals surface area contributed by atoms with Crippen molar-refractivity contribution in [2.45, 2.75) is 68.3 Å². The van der Waals surface area contributed by atoms with Gasteiger partial charge in [0.2, 0.25) is 15.9 Å². The Kier molecular flexibility index (Phi) is 9.21. The van der Waals surface area contributed by atoms with E-state index in [0.717, 1.165) is 62.0 Å². The van der Waals surface area contributed by atoms with Gasteiger partial charge in [0.05, 0.1) is 16.5 Å². The number of rotatable bonds is 9. The number of amides is 1. The first-order chi connectivity index (χ1) is 18.2. The minimum Gasteiger partial charge on any atom is -0.338 e. The second-order valence-corrected chi connectivity index (χ2v) is 12.5. The number of hydrogen-bond donors (Lipinski definition) is 2. The van der Waals surface area contributed by atoms with Crippen LogP contribution in [0, 0.1) is 11.3 Å². The molecule has 0 spiro atoms. The van der Waals surface area contributed by atoms with Crippen LogP contribution in [0.3, 0.4) is 0 Å². The summed E-state index contributed by atoms with van der Waals surface area (Å²) in [7, 11) is -3.51. The highest BCUT2D eigenvalue weighted by Gasteiger charge is 2.36. The van der Waals surface area contributed by atoms with E-state index in [0.29, 0.717) is 37.2 Å². The molecule has 1 aliphatic heterocycles. The average molecular weight is 538 g/mol. The van der Waals surface area contributed by atoms with Crippen molar-refractivity contribution in [3.05, 3.63) is 54.1 Å². The molecule has 1 saturated carbocycles. The van der Waals surface area contributed by atoms with Gasteiger partial charge in [0.15, 0.2) is 0 Å². The van der Waals surface area contributed by atoms with E-state index in [-0.39, 0.29) is 5.91 Å². The van der Waals surface area contributed by atoms with E-state index in [1.165, 1.54) is 0 Å². The van der Waals surface area contributed by atoms with Gasteiger partial charge in [-0.2, -0.15) is 9.57 Å². The van der Waals surface area contributed by atoms with Crippen LogP contribution in [0.15, 0.2) is 53.4 Å². The summed E-state index contributed by atoms with van der Waals surface area (Å²) in [5, 5.41) is 12.5. The molecule has 4 rings (SSSR count). The first-order valence-electron chi connectivity index (χ1n) is 13.7. The topological polar surface area (TPSA) is 120 Å². The fraction of sp³-hybridized carbons (Fsp3) is 0.517. The molecule has 2 fully saturated rings. The standard InChI is InChI=1S/C29H39N5O3S/c1-2-16-33-17-19-34(20-18-33)38(36,37)27-12-10-25(11-13-27)24-8-6-23(7-9-24)21-26(22-30)32-28(35)29(31)14-4-3-5-15-29/h6-13,26H,2-5,14-21,31H2,1H3,(H,32,35). The zero-order valence-electron chi connectivity index (χ0n) is 22.2. The molecule has 8 nitrogen and oxygen atoms in total. The van der Waals surface area contributed by atoms with Gasteiger partial charge in [0.1, 0.15) is 6.04 Å². The number of nitrogens with zero attached hydrogens (tertiary/aromatic N) is 3. The Balaban J connectivity index is 1.36. The van der Waals surface area contributed by atoms with Crippen LogP contribution in [0.4, 0.5) is 0 Å². The Morgan fingerprint density at radius 3 is 2.13 bits per heavy atom. The van der Waals surface area contributed by atoms with Gasteiger partial charge in [-0.05, 0) is 54.6 Å². The summed E-state index contributed by atoms with van der Waals surface area (Å²) in [5.74, 6) is -0.238. The fourth-order valence-corrected chi connectivity index (χ4v) is 6.81. The van der Waals surface area contributed by atoms with Crippen LogP contribution in [-0.4, -0.2) is 67.8 Å². The third-order valence-electron chi connectivity index (χ3n) is 7.75. The molecular formula is C29H39N5O3S.